The van der Waals surface area contributed by atoms with Crippen LogP contribution in [0.2, 0.25) is 0 Å². The smallest absolute Gasteiger partial charge is 0.229 e. The standard InChI is InChI=1S/C30H33F2N9O/c1-20-4-5-23(12-22(20)16-40-18-24(36-37-40)17-38(2)3)34-30-33-15-21-6-7-41(29(21)35-30)25-13-27(31)26(28(32)14-25)19-39-8-10-42-11-9-39/h4-7,12-15,18H,8-11,16-17,19H2,1-3H3,(H,33,34,35). The van der Waals surface area contributed by atoms with Gasteiger partial charge in [-0.25, -0.2) is 18.4 Å². The van der Waals surface area contributed by atoms with Crippen molar-refractivity contribution < 1.29 is 13.5 Å². The van der Waals surface area contributed by atoms with E-state index >= 15 is 8.78 Å². The number of benzene rings is 2. The molecule has 0 amide bonds. The van der Waals surface area contributed by atoms with Crippen LogP contribution < -0.4 is 5.32 Å². The quantitative estimate of drug-likeness (QED) is 0.280. The second-order valence-electron chi connectivity index (χ2n) is 10.8. The number of aromatic nitrogens is 6. The van der Waals surface area contributed by atoms with E-state index in [1.807, 2.05) is 59.0 Å². The van der Waals surface area contributed by atoms with Gasteiger partial charge < -0.3 is 19.5 Å². The van der Waals surface area contributed by atoms with Crippen LogP contribution in [-0.4, -0.2) is 79.7 Å². The van der Waals surface area contributed by atoms with Gasteiger partial charge in [0.15, 0.2) is 0 Å². The number of ether oxygens (including phenoxy) is 1. The van der Waals surface area contributed by atoms with Crippen molar-refractivity contribution in [3.63, 3.8) is 0 Å². The topological polar surface area (TPSA) is 89.2 Å². The van der Waals surface area contributed by atoms with Crippen LogP contribution in [0.3, 0.4) is 0 Å². The van der Waals surface area contributed by atoms with Gasteiger partial charge in [0.25, 0.3) is 0 Å². The largest absolute Gasteiger partial charge is 0.379 e. The molecule has 4 heterocycles. The third kappa shape index (κ3) is 6.15. The van der Waals surface area contributed by atoms with E-state index in [4.69, 9.17) is 9.72 Å². The Morgan fingerprint density at radius 1 is 1.02 bits per heavy atom. The highest BCUT2D eigenvalue weighted by atomic mass is 19.1. The minimum Gasteiger partial charge on any atom is -0.379 e. The van der Waals surface area contributed by atoms with Crippen LogP contribution in [0.15, 0.2) is 55.0 Å². The van der Waals surface area contributed by atoms with Gasteiger partial charge in [-0.3, -0.25) is 4.90 Å². The Hall–Kier alpha value is -4.26. The van der Waals surface area contributed by atoms with E-state index in [2.05, 4.69) is 27.5 Å². The Labute approximate surface area is 242 Å². The first-order valence-electron chi connectivity index (χ1n) is 13.8. The second kappa shape index (κ2) is 11.9. The number of halogens is 2. The molecule has 0 atom stereocenters. The maximum atomic E-state index is 15.1. The van der Waals surface area contributed by atoms with Crippen molar-refractivity contribution in [2.45, 2.75) is 26.6 Å². The highest BCUT2D eigenvalue weighted by Crippen LogP contribution is 2.26. The zero-order chi connectivity index (χ0) is 29.2. The average Bonchev–Trinajstić information content (AvgIpc) is 3.59. The van der Waals surface area contributed by atoms with Gasteiger partial charge in [0.05, 0.1) is 37.3 Å². The zero-order valence-corrected chi connectivity index (χ0v) is 23.9. The molecule has 5 aromatic rings. The lowest BCUT2D eigenvalue weighted by Crippen LogP contribution is -2.36. The Morgan fingerprint density at radius 3 is 2.57 bits per heavy atom. The molecule has 3 aromatic heterocycles. The fourth-order valence-corrected chi connectivity index (χ4v) is 5.08. The summed E-state index contributed by atoms with van der Waals surface area (Å²) in [4.78, 5) is 13.2. The van der Waals surface area contributed by atoms with E-state index < -0.39 is 11.6 Å². The zero-order valence-electron chi connectivity index (χ0n) is 23.9. The van der Waals surface area contributed by atoms with E-state index in [1.165, 1.54) is 12.1 Å². The number of anilines is 2. The molecule has 1 fully saturated rings. The summed E-state index contributed by atoms with van der Waals surface area (Å²) in [6.45, 7) is 5.98. The average molecular weight is 574 g/mol. The van der Waals surface area contributed by atoms with Gasteiger partial charge >= 0.3 is 0 Å². The summed E-state index contributed by atoms with van der Waals surface area (Å²) < 4.78 is 39.1. The van der Waals surface area contributed by atoms with Gasteiger partial charge in [-0.2, -0.15) is 4.98 Å². The monoisotopic (exact) mass is 573 g/mol. The van der Waals surface area contributed by atoms with Crippen LogP contribution in [0.5, 0.6) is 0 Å². The molecule has 0 aliphatic carbocycles. The summed E-state index contributed by atoms with van der Waals surface area (Å²) in [6.07, 6.45) is 5.38. The van der Waals surface area contributed by atoms with Gasteiger partial charge in [0, 0.05) is 55.2 Å². The molecule has 1 N–H and O–H groups in total. The van der Waals surface area contributed by atoms with Gasteiger partial charge in [-0.1, -0.05) is 11.3 Å². The predicted molar refractivity (Wildman–Crippen MR) is 156 cm³/mol. The van der Waals surface area contributed by atoms with Crippen molar-refractivity contribution in [1.82, 2.24) is 39.3 Å². The molecule has 42 heavy (non-hydrogen) atoms. The first kappa shape index (κ1) is 27.9. The molecule has 6 rings (SSSR count). The molecule has 0 radical (unpaired) electrons. The minimum absolute atomic E-state index is 0.0593. The first-order chi connectivity index (χ1) is 20.3. The molecule has 12 heteroatoms. The lowest BCUT2D eigenvalue weighted by atomic mass is 10.1. The lowest BCUT2D eigenvalue weighted by molar-refractivity contribution is 0.0332. The fraction of sp³-hybridized carbons (Fsp3) is 0.333. The highest BCUT2D eigenvalue weighted by molar-refractivity contribution is 5.79. The normalized spacial score (nSPS) is 14.2. The van der Waals surface area contributed by atoms with E-state index in [0.717, 1.165) is 34.4 Å². The molecular formula is C30H33F2N9O. The molecule has 0 saturated carbocycles. The molecule has 0 unspecified atom stereocenters. The van der Waals surface area contributed by atoms with Crippen molar-refractivity contribution in [2.75, 3.05) is 45.7 Å². The number of hydrogen-bond acceptors (Lipinski definition) is 8. The van der Waals surface area contributed by atoms with Gasteiger partial charge in [-0.05, 0) is 62.5 Å². The van der Waals surface area contributed by atoms with Crippen molar-refractivity contribution >= 4 is 22.7 Å². The van der Waals surface area contributed by atoms with Crippen LogP contribution in [0, 0.1) is 18.6 Å². The van der Waals surface area contributed by atoms with Crippen LogP contribution in [0.1, 0.15) is 22.4 Å². The molecule has 1 saturated heterocycles. The molecule has 0 bridgehead atoms. The van der Waals surface area contributed by atoms with Crippen molar-refractivity contribution in [3.8, 4) is 5.69 Å². The van der Waals surface area contributed by atoms with Gasteiger partial charge in [-0.15, -0.1) is 5.10 Å². The number of nitrogens with zero attached hydrogens (tertiary/aromatic N) is 8. The number of rotatable bonds is 9. The minimum atomic E-state index is -0.584. The highest BCUT2D eigenvalue weighted by Gasteiger charge is 2.19. The third-order valence-corrected chi connectivity index (χ3v) is 7.32. The number of hydrogen-bond donors (Lipinski definition) is 1. The van der Waals surface area contributed by atoms with E-state index in [0.29, 0.717) is 50.1 Å². The van der Waals surface area contributed by atoms with Crippen LogP contribution >= 0.6 is 0 Å². The number of fused-ring (bicyclic) bond motifs is 1. The van der Waals surface area contributed by atoms with Crippen LogP contribution in [-0.2, 0) is 24.4 Å². The first-order valence-corrected chi connectivity index (χ1v) is 13.8. The van der Waals surface area contributed by atoms with E-state index in [-0.39, 0.29) is 12.1 Å². The molecule has 1 aliphatic rings. The summed E-state index contributed by atoms with van der Waals surface area (Å²) in [5.41, 5.74) is 4.87. The Balaban J connectivity index is 1.22. The van der Waals surface area contributed by atoms with E-state index in [1.54, 1.807) is 17.0 Å². The Bertz CT molecular complexity index is 1690. The molecule has 10 nitrogen and oxygen atoms in total. The molecular weight excluding hydrogens is 540 g/mol. The predicted octanol–water partition coefficient (Wildman–Crippen LogP) is 4.28. The SMILES string of the molecule is Cc1ccc(Nc2ncc3ccn(-c4cc(F)c(CN5CCOCC5)c(F)c4)c3n2)cc1Cn1cc(CN(C)C)nn1. The summed E-state index contributed by atoms with van der Waals surface area (Å²) in [5.74, 6) is -0.797. The maximum absolute atomic E-state index is 15.1. The van der Waals surface area contributed by atoms with Crippen LogP contribution in [0.25, 0.3) is 16.7 Å². The number of nitrogens with one attached hydrogen (secondary N) is 1. The molecule has 1 aliphatic heterocycles. The molecule has 218 valence electrons. The van der Waals surface area contributed by atoms with Crippen LogP contribution in [0.4, 0.5) is 20.4 Å². The maximum Gasteiger partial charge on any atom is 0.229 e. The fourth-order valence-electron chi connectivity index (χ4n) is 5.08. The summed E-state index contributed by atoms with van der Waals surface area (Å²) in [6, 6.07) is 10.6. The molecule has 0 spiro atoms. The van der Waals surface area contributed by atoms with Crippen molar-refractivity contribution in [2.24, 2.45) is 0 Å². The third-order valence-electron chi connectivity index (χ3n) is 7.32. The number of aryl methyl sites for hydroxylation is 1. The number of morpholine rings is 1. The summed E-state index contributed by atoms with van der Waals surface area (Å²) in [5, 5.41) is 12.5. The second-order valence-corrected chi connectivity index (χ2v) is 10.8. The van der Waals surface area contributed by atoms with Gasteiger partial charge in [0.2, 0.25) is 5.95 Å². The summed E-state index contributed by atoms with van der Waals surface area (Å²) in [7, 11) is 3.99. The molecule has 2 aromatic carbocycles. The Kier molecular flexibility index (Phi) is 7.92. The lowest BCUT2D eigenvalue weighted by Gasteiger charge is -2.27. The van der Waals surface area contributed by atoms with Gasteiger partial charge in [0.1, 0.15) is 17.3 Å². The Morgan fingerprint density at radius 2 is 1.81 bits per heavy atom. The van der Waals surface area contributed by atoms with Crippen molar-refractivity contribution in [1.29, 1.82) is 0 Å². The van der Waals surface area contributed by atoms with Crippen molar-refractivity contribution in [3.05, 3.63) is 89.0 Å². The summed E-state index contributed by atoms with van der Waals surface area (Å²) >= 11 is 0. The van der Waals surface area contributed by atoms with E-state index in [9.17, 15) is 0 Å².